The molecule has 0 aromatic rings. The predicted molar refractivity (Wildman–Crippen MR) is 17.5 cm³/mol. The summed E-state index contributed by atoms with van der Waals surface area (Å²) in [6.45, 7) is 0. The van der Waals surface area contributed by atoms with E-state index in [0.29, 0.717) is 0 Å². The molecule has 0 aromatic heterocycles. The van der Waals surface area contributed by atoms with Crippen molar-refractivity contribution < 1.29 is 12.8 Å². The molecule has 0 N–H and O–H groups in total. The Morgan fingerprint density at radius 3 is 1.25 bits per heavy atom. The summed E-state index contributed by atoms with van der Waals surface area (Å²) in [5.41, 5.74) is 0. The molecule has 0 saturated carbocycles. The Morgan fingerprint density at radius 1 is 1.25 bits per heavy atom. The minimum absolute atomic E-state index is 1.71. The quantitative estimate of drug-likeness (QED) is 0.345. The monoisotopic (exact) mass is 218 g/mol. The van der Waals surface area contributed by atoms with Gasteiger partial charge in [0.1, 0.15) is 0 Å². The van der Waals surface area contributed by atoms with Crippen LogP contribution in [0.25, 0.3) is 0 Å². The molecule has 0 atom stereocenters. The van der Waals surface area contributed by atoms with Crippen molar-refractivity contribution in [2.24, 2.45) is 0 Å². The fourth-order valence-corrected chi connectivity index (χ4v) is 0. The molecular weight excluding hydrogens is 218 g/mol. The van der Waals surface area contributed by atoms with Gasteiger partial charge in [0.15, 0.2) is 0 Å². The van der Waals surface area contributed by atoms with Crippen LogP contribution >= 0.6 is 20.3 Å². The summed E-state index contributed by atoms with van der Waals surface area (Å²) in [5.74, 6) is 0. The molecule has 0 saturated heterocycles. The molecule has 0 unspecified atom stereocenters. The zero-order valence-electron chi connectivity index (χ0n) is 1.57. The van der Waals surface area contributed by atoms with Crippen LogP contribution in [0.2, 0.25) is 0 Å². The number of halogens is 1. The third kappa shape index (κ3) is 16.6. The summed E-state index contributed by atoms with van der Waals surface area (Å²) < 4.78 is 0. The van der Waals surface area contributed by atoms with Crippen molar-refractivity contribution in [1.82, 2.24) is 0 Å². The third-order valence-corrected chi connectivity index (χ3v) is 0. The van der Waals surface area contributed by atoms with E-state index in [4.69, 9.17) is 10.8 Å². The van der Waals surface area contributed by atoms with Gasteiger partial charge < -0.3 is 0 Å². The standard InChI is InChI=1S/Cu.HI.N2/c;;1-2/h;1H;/q+1;;/p-1. The molecule has 0 radical (unpaired) electrons. The first-order valence-corrected chi connectivity index (χ1v) is 3.35. The molecule has 0 amide bonds. The molecule has 0 rings (SSSR count). The predicted octanol–water partition coefficient (Wildman–Crippen LogP) is 0.913. The summed E-state index contributed by atoms with van der Waals surface area (Å²) in [4.78, 5) is 0. The van der Waals surface area contributed by atoms with Gasteiger partial charge in [0.05, 0.1) is 0 Å². The van der Waals surface area contributed by atoms with Gasteiger partial charge in [0.2, 0.25) is 0 Å². The summed E-state index contributed by atoms with van der Waals surface area (Å²) >= 11 is 5.87. The van der Waals surface area contributed by atoms with E-state index in [1.807, 2.05) is 0 Å². The van der Waals surface area contributed by atoms with E-state index in [0.717, 1.165) is 0 Å². The van der Waals surface area contributed by atoms with Gasteiger partial charge in [0.25, 0.3) is 0 Å². The second kappa shape index (κ2) is 58.3. The Bertz CT molecular complexity index is 10.8. The first kappa shape index (κ1) is 8.82. The molecule has 4 heteroatoms. The Kier molecular flexibility index (Phi) is 129. The summed E-state index contributed by atoms with van der Waals surface area (Å²) in [7, 11) is 0. The van der Waals surface area contributed by atoms with Gasteiger partial charge in [-0.3, -0.25) is 0 Å². The summed E-state index contributed by atoms with van der Waals surface area (Å²) in [5, 5.41) is 12.0. The summed E-state index contributed by atoms with van der Waals surface area (Å²) in [6, 6.07) is 0. The number of hydrogen-bond donors (Lipinski definition) is 0. The fraction of sp³-hybridized carbons (Fsp3) is 0. The Morgan fingerprint density at radius 2 is 1.25 bits per heavy atom. The molecule has 0 bridgehead atoms. The van der Waals surface area contributed by atoms with Gasteiger partial charge in [-0.25, -0.2) is 0 Å². The van der Waals surface area contributed by atoms with Crippen LogP contribution in [-0.2, 0) is 12.8 Å². The van der Waals surface area contributed by atoms with Gasteiger partial charge in [-0.15, -0.1) is 0 Å². The zero-order valence-corrected chi connectivity index (χ0v) is 4.67. The van der Waals surface area contributed by atoms with Gasteiger partial charge in [-0.1, -0.05) is 0 Å². The number of hydrogen-bond acceptors (Lipinski definition) is 2. The van der Waals surface area contributed by atoms with Gasteiger partial charge in [-0.05, 0) is 0 Å². The molecule has 2 nitrogen and oxygen atoms in total. The summed E-state index contributed by atoms with van der Waals surface area (Å²) in [6.07, 6.45) is 0. The maximum absolute atomic E-state index is 6.00. The van der Waals surface area contributed by atoms with E-state index in [9.17, 15) is 0 Å². The zero-order chi connectivity index (χ0) is 4.00. The SMILES string of the molecule is N#N.[Cu][I]. The normalized spacial score (nSPS) is 2.25. The van der Waals surface area contributed by atoms with E-state index >= 15 is 0 Å². The first-order valence-electron chi connectivity index (χ1n) is 0.314. The molecule has 0 fully saturated rings. The second-order valence-electron chi connectivity index (χ2n) is 0. The van der Waals surface area contributed by atoms with Gasteiger partial charge in [0, 0.05) is 10.8 Å². The molecule has 0 aliphatic rings. The molecule has 28 valence electrons. The van der Waals surface area contributed by atoms with Crippen LogP contribution in [0.15, 0.2) is 0 Å². The molecule has 0 aromatic carbocycles. The van der Waals surface area contributed by atoms with Crippen LogP contribution in [-0.4, -0.2) is 0 Å². The van der Waals surface area contributed by atoms with Crippen LogP contribution < -0.4 is 0 Å². The average molecular weight is 218 g/mol. The van der Waals surface area contributed by atoms with E-state index in [-0.39, 0.29) is 0 Å². The Balaban J connectivity index is 0. The van der Waals surface area contributed by atoms with Crippen molar-refractivity contribution >= 4 is 20.3 Å². The molecule has 0 spiro atoms. The average Bonchev–Trinajstić information content (AvgIpc) is 1.50. The second-order valence-corrected chi connectivity index (χ2v) is 0. The van der Waals surface area contributed by atoms with Crippen molar-refractivity contribution in [2.45, 2.75) is 0 Å². The van der Waals surface area contributed by atoms with Crippen LogP contribution in [0.4, 0.5) is 0 Å². The van der Waals surface area contributed by atoms with Crippen LogP contribution in [0.3, 0.4) is 0 Å². The van der Waals surface area contributed by atoms with Gasteiger partial charge in [-0.2, -0.15) is 0 Å². The van der Waals surface area contributed by atoms with Crippen LogP contribution in [0.1, 0.15) is 0 Å². The maximum atomic E-state index is 6.00. The van der Waals surface area contributed by atoms with Crippen molar-refractivity contribution in [2.75, 3.05) is 0 Å². The Labute approximate surface area is 43.9 Å². The fourth-order valence-electron chi connectivity index (χ4n) is 0. The van der Waals surface area contributed by atoms with E-state index in [1.165, 1.54) is 0 Å². The Hall–Kier alpha value is 0.669. The molecular formula is CuIN2. The number of nitrogens with zero attached hydrogens (tertiary/aromatic N) is 2. The van der Waals surface area contributed by atoms with Crippen molar-refractivity contribution in [3.8, 4) is 0 Å². The molecule has 0 aliphatic heterocycles. The van der Waals surface area contributed by atoms with Crippen molar-refractivity contribution in [3.63, 3.8) is 0 Å². The first-order chi connectivity index (χ1) is 2.00. The van der Waals surface area contributed by atoms with Crippen LogP contribution in [0.5, 0.6) is 0 Å². The van der Waals surface area contributed by atoms with Gasteiger partial charge >= 0.3 is 33.1 Å². The van der Waals surface area contributed by atoms with E-state index in [1.54, 1.807) is 20.3 Å². The molecule has 0 aliphatic carbocycles. The minimum atomic E-state index is 1.71. The topological polar surface area (TPSA) is 47.6 Å². The molecule has 0 heterocycles. The van der Waals surface area contributed by atoms with Crippen molar-refractivity contribution in [1.29, 1.82) is 10.8 Å². The molecule has 4 heavy (non-hydrogen) atoms. The number of rotatable bonds is 0. The van der Waals surface area contributed by atoms with Crippen LogP contribution in [0, 0.1) is 10.8 Å². The van der Waals surface area contributed by atoms with Crippen molar-refractivity contribution in [3.05, 3.63) is 0 Å². The van der Waals surface area contributed by atoms with E-state index in [2.05, 4.69) is 12.8 Å². The van der Waals surface area contributed by atoms with E-state index < -0.39 is 0 Å². The third-order valence-electron chi connectivity index (χ3n) is 0.